The van der Waals surface area contributed by atoms with E-state index in [4.69, 9.17) is 4.42 Å². The van der Waals surface area contributed by atoms with E-state index in [1.54, 1.807) is 0 Å². The number of nitrogens with one attached hydrogen (secondary N) is 1. The second-order valence-corrected chi connectivity index (χ2v) is 5.78. The van der Waals surface area contributed by atoms with Crippen LogP contribution in [0.5, 0.6) is 0 Å². The summed E-state index contributed by atoms with van der Waals surface area (Å²) in [5.41, 5.74) is 0.503. The molecule has 3 rings (SSSR count). The molecule has 1 N–H and O–H groups in total. The number of likely N-dealkylation sites (tertiary alicyclic amines) is 1. The quantitative estimate of drug-likeness (QED) is 0.740. The summed E-state index contributed by atoms with van der Waals surface area (Å²) in [5, 5.41) is 10.0. The Kier molecular flexibility index (Phi) is 7.42. The summed E-state index contributed by atoms with van der Waals surface area (Å²) in [6.45, 7) is 0.346. The van der Waals surface area contributed by atoms with E-state index in [1.165, 1.54) is 29.2 Å². The topological polar surface area (TPSA) is 80.5 Å². The highest BCUT2D eigenvalue weighted by atomic mass is 19.4. The van der Waals surface area contributed by atoms with Gasteiger partial charge in [0, 0.05) is 18.7 Å². The smallest absolute Gasteiger partial charge is 0.403 e. The summed E-state index contributed by atoms with van der Waals surface area (Å²) in [6.07, 6.45) is -7.92. The predicted octanol–water partition coefficient (Wildman–Crippen LogP) is 3.31. The predicted molar refractivity (Wildman–Crippen MR) is 87.4 cm³/mol. The lowest BCUT2D eigenvalue weighted by atomic mass is 10.1. The average Bonchev–Trinajstić information content (AvgIpc) is 3.04. The number of nitrogens with zero attached hydrogens (tertiary/aromatic N) is 3. The third kappa shape index (κ3) is 7.60. The third-order valence-corrected chi connectivity index (χ3v) is 3.41. The summed E-state index contributed by atoms with van der Waals surface area (Å²) in [4.78, 5) is 13.0. The second-order valence-electron chi connectivity index (χ2n) is 5.78. The van der Waals surface area contributed by atoms with Crippen LogP contribution in [0.3, 0.4) is 0 Å². The van der Waals surface area contributed by atoms with E-state index in [0.29, 0.717) is 5.56 Å². The molecular formula is C16H16F6N4O3. The van der Waals surface area contributed by atoms with Gasteiger partial charge in [0.1, 0.15) is 11.9 Å². The van der Waals surface area contributed by atoms with Gasteiger partial charge in [0.05, 0.1) is 6.54 Å². The van der Waals surface area contributed by atoms with Crippen molar-refractivity contribution >= 4 is 11.9 Å². The molecule has 0 unspecified atom stereocenters. The Hall–Kier alpha value is -2.83. The molecule has 2 aromatic rings. The van der Waals surface area contributed by atoms with Crippen molar-refractivity contribution in [3.05, 3.63) is 30.1 Å². The molecule has 0 atom stereocenters. The van der Waals surface area contributed by atoms with Crippen LogP contribution in [0.4, 0.5) is 32.4 Å². The third-order valence-electron chi connectivity index (χ3n) is 3.41. The second kappa shape index (κ2) is 9.58. The number of amides is 1. The molecule has 1 amide bonds. The van der Waals surface area contributed by atoms with Gasteiger partial charge in [0.15, 0.2) is 0 Å². The highest BCUT2D eigenvalue weighted by molar-refractivity contribution is 5.81. The summed E-state index contributed by atoms with van der Waals surface area (Å²) in [5.74, 6) is -0.698. The van der Waals surface area contributed by atoms with E-state index < -0.39 is 30.6 Å². The van der Waals surface area contributed by atoms with Gasteiger partial charge in [-0.05, 0) is 31.2 Å². The van der Waals surface area contributed by atoms with Crippen LogP contribution in [-0.2, 0) is 9.53 Å². The highest BCUT2D eigenvalue weighted by Gasteiger charge is 2.40. The summed E-state index contributed by atoms with van der Waals surface area (Å²) >= 11 is 0. The van der Waals surface area contributed by atoms with Gasteiger partial charge in [-0.15, -0.1) is 18.3 Å². The fraction of sp³-hybridized carbons (Fsp3) is 0.438. The van der Waals surface area contributed by atoms with Crippen LogP contribution in [0.1, 0.15) is 6.92 Å². The molecule has 0 bridgehead atoms. The van der Waals surface area contributed by atoms with Gasteiger partial charge in [-0.1, -0.05) is 5.10 Å². The summed E-state index contributed by atoms with van der Waals surface area (Å²) in [7, 11) is 0. The van der Waals surface area contributed by atoms with Gasteiger partial charge in [0.25, 0.3) is 0 Å². The molecule has 1 fully saturated rings. The number of aromatic nitrogens is 2. The maximum atomic E-state index is 12.9. The summed E-state index contributed by atoms with van der Waals surface area (Å²) in [6, 6.07) is 5.35. The number of ether oxygens (including phenoxy) is 1. The lowest BCUT2D eigenvalue weighted by Gasteiger charge is -2.38. The maximum absolute atomic E-state index is 12.9. The Bertz CT molecular complexity index is 788. The minimum absolute atomic E-state index is 0.0312. The molecule has 160 valence electrons. The summed E-state index contributed by atoms with van der Waals surface area (Å²) < 4.78 is 78.6. The number of hydrogen-bond donors (Lipinski definition) is 1. The number of anilines is 1. The van der Waals surface area contributed by atoms with E-state index in [0.717, 1.165) is 6.92 Å². The molecule has 1 aliphatic rings. The fourth-order valence-corrected chi connectivity index (χ4v) is 2.17. The molecule has 0 aliphatic carbocycles. The molecule has 0 saturated carbocycles. The number of alkyl halides is 5. The van der Waals surface area contributed by atoms with Crippen LogP contribution in [0.2, 0.25) is 0 Å². The minimum atomic E-state index is -4.71. The van der Waals surface area contributed by atoms with Gasteiger partial charge >= 0.3 is 12.4 Å². The van der Waals surface area contributed by atoms with Crippen molar-refractivity contribution in [1.29, 1.82) is 0 Å². The molecule has 1 aliphatic heterocycles. The molecular weight excluding hydrogens is 410 g/mol. The molecule has 1 aromatic heterocycles. The van der Waals surface area contributed by atoms with Crippen molar-refractivity contribution in [2.24, 2.45) is 0 Å². The number of carbonyl (C=O) groups excluding carboxylic acids is 1. The number of rotatable bonds is 5. The van der Waals surface area contributed by atoms with Crippen LogP contribution in [0, 0.1) is 5.82 Å². The standard InChI is InChI=1S/C14H12F4N4O3.C2H4F2/c15-9-3-1-8(2-4-9)12-20-21-13(24-12)19-5-11(23)22-6-10(7-22)25-14(16,17)18;1-2(3)4/h1-4,10H,5-7H2,(H,19,21);2H,1H3. The first-order chi connectivity index (χ1) is 13.5. The Morgan fingerprint density at radius 2 is 1.86 bits per heavy atom. The SMILES string of the molecule is CC(F)F.O=C(CNc1nnc(-c2ccc(F)cc2)o1)N1CC(OC(F)(F)F)C1. The van der Waals surface area contributed by atoms with Crippen molar-refractivity contribution < 1.29 is 40.3 Å². The van der Waals surface area contributed by atoms with Crippen molar-refractivity contribution in [2.75, 3.05) is 25.0 Å². The average molecular weight is 426 g/mol. The number of hydrogen-bond acceptors (Lipinski definition) is 6. The van der Waals surface area contributed by atoms with Crippen LogP contribution >= 0.6 is 0 Å². The van der Waals surface area contributed by atoms with Crippen LogP contribution in [-0.4, -0.2) is 59.5 Å². The molecule has 7 nitrogen and oxygen atoms in total. The normalized spacial score (nSPS) is 14.3. The van der Waals surface area contributed by atoms with Crippen LogP contribution in [0.25, 0.3) is 11.5 Å². The molecule has 0 spiro atoms. The Labute approximate surface area is 160 Å². The van der Waals surface area contributed by atoms with Gasteiger partial charge in [-0.2, -0.15) is 0 Å². The molecule has 1 aromatic carbocycles. The first-order valence-electron chi connectivity index (χ1n) is 8.17. The first kappa shape index (κ1) is 22.5. The van der Waals surface area contributed by atoms with E-state index >= 15 is 0 Å². The van der Waals surface area contributed by atoms with E-state index in [2.05, 4.69) is 20.3 Å². The van der Waals surface area contributed by atoms with Crippen molar-refractivity contribution in [3.8, 4) is 11.5 Å². The monoisotopic (exact) mass is 426 g/mol. The maximum Gasteiger partial charge on any atom is 0.522 e. The van der Waals surface area contributed by atoms with E-state index in [9.17, 15) is 31.1 Å². The lowest BCUT2D eigenvalue weighted by molar-refractivity contribution is -0.353. The van der Waals surface area contributed by atoms with Crippen molar-refractivity contribution in [2.45, 2.75) is 25.8 Å². The number of benzene rings is 1. The molecule has 29 heavy (non-hydrogen) atoms. The van der Waals surface area contributed by atoms with Crippen LogP contribution < -0.4 is 5.32 Å². The zero-order valence-electron chi connectivity index (χ0n) is 14.9. The molecule has 1 saturated heterocycles. The zero-order chi connectivity index (χ0) is 21.6. The van der Waals surface area contributed by atoms with Gasteiger partial charge in [0.2, 0.25) is 18.2 Å². The Morgan fingerprint density at radius 3 is 2.41 bits per heavy atom. The van der Waals surface area contributed by atoms with Crippen LogP contribution in [0.15, 0.2) is 28.7 Å². The molecule has 0 radical (unpaired) electrons. The lowest BCUT2D eigenvalue weighted by Crippen LogP contribution is -2.57. The van der Waals surface area contributed by atoms with Gasteiger partial charge < -0.3 is 14.6 Å². The Morgan fingerprint density at radius 1 is 1.28 bits per heavy atom. The number of halogens is 6. The minimum Gasteiger partial charge on any atom is -0.403 e. The fourth-order valence-electron chi connectivity index (χ4n) is 2.17. The molecule has 2 heterocycles. The zero-order valence-corrected chi connectivity index (χ0v) is 14.9. The highest BCUT2D eigenvalue weighted by Crippen LogP contribution is 2.24. The number of carbonyl (C=O) groups is 1. The van der Waals surface area contributed by atoms with E-state index in [-0.39, 0.29) is 31.5 Å². The van der Waals surface area contributed by atoms with Gasteiger partial charge in [-0.25, -0.2) is 13.2 Å². The van der Waals surface area contributed by atoms with Gasteiger partial charge in [-0.3, -0.25) is 9.53 Å². The van der Waals surface area contributed by atoms with Crippen molar-refractivity contribution in [3.63, 3.8) is 0 Å². The van der Waals surface area contributed by atoms with E-state index in [1.807, 2.05) is 0 Å². The Balaban J connectivity index is 0.000000687. The first-order valence-corrected chi connectivity index (χ1v) is 8.17. The molecule has 13 heteroatoms. The largest absolute Gasteiger partial charge is 0.522 e. The van der Waals surface area contributed by atoms with Crippen molar-refractivity contribution in [1.82, 2.24) is 15.1 Å².